The van der Waals surface area contributed by atoms with Crippen LogP contribution in [0.2, 0.25) is 0 Å². The third-order valence-electron chi connectivity index (χ3n) is 5.53. The van der Waals surface area contributed by atoms with Crippen LogP contribution in [-0.2, 0) is 24.4 Å². The van der Waals surface area contributed by atoms with Crippen molar-refractivity contribution in [2.24, 2.45) is 7.05 Å². The van der Waals surface area contributed by atoms with Crippen LogP contribution in [0, 0.1) is 0 Å². The summed E-state index contributed by atoms with van der Waals surface area (Å²) in [5.41, 5.74) is 1.31. The number of alkyl halides is 3. The number of nitrogens with zero attached hydrogens (tertiary/aromatic N) is 2. The number of halogens is 3. The molecule has 0 spiro atoms. The molecular weight excluding hydrogens is 393 g/mol. The molecule has 0 radical (unpaired) electrons. The van der Waals surface area contributed by atoms with E-state index in [9.17, 15) is 13.2 Å². The molecule has 4 rings (SSSR count). The summed E-state index contributed by atoms with van der Waals surface area (Å²) < 4.78 is 52.7. The molecule has 0 amide bonds. The lowest BCUT2D eigenvalue weighted by molar-refractivity contribution is -0.137. The van der Waals surface area contributed by atoms with Gasteiger partial charge in [0.05, 0.1) is 24.3 Å². The maximum absolute atomic E-state index is 13.1. The molecule has 0 bridgehead atoms. The number of hydrogen-bond donors (Lipinski definition) is 0. The van der Waals surface area contributed by atoms with Crippen LogP contribution in [-0.4, -0.2) is 42.3 Å². The predicted molar refractivity (Wildman–Crippen MR) is 110 cm³/mol. The van der Waals surface area contributed by atoms with Crippen LogP contribution >= 0.6 is 0 Å². The smallest absolute Gasteiger partial charge is 0.416 e. The fourth-order valence-electron chi connectivity index (χ4n) is 3.97. The van der Waals surface area contributed by atoms with Gasteiger partial charge in [-0.2, -0.15) is 13.2 Å². The average Bonchev–Trinajstić information content (AvgIpc) is 3.00. The molecule has 1 fully saturated rings. The first-order valence-corrected chi connectivity index (χ1v) is 10.1. The molecule has 7 heteroatoms. The second-order valence-corrected chi connectivity index (χ2v) is 7.55. The van der Waals surface area contributed by atoms with Crippen molar-refractivity contribution in [1.29, 1.82) is 0 Å². The molecule has 1 saturated heterocycles. The van der Waals surface area contributed by atoms with Crippen LogP contribution in [0.4, 0.5) is 13.2 Å². The zero-order valence-electron chi connectivity index (χ0n) is 16.9. The van der Waals surface area contributed by atoms with Gasteiger partial charge in [-0.3, -0.25) is 4.90 Å². The van der Waals surface area contributed by atoms with Gasteiger partial charge in [-0.05, 0) is 43.7 Å². The molecule has 4 nitrogen and oxygen atoms in total. The van der Waals surface area contributed by atoms with Crippen molar-refractivity contribution in [3.8, 4) is 11.6 Å². The van der Waals surface area contributed by atoms with E-state index in [-0.39, 0.29) is 5.75 Å². The van der Waals surface area contributed by atoms with E-state index in [1.54, 1.807) is 6.07 Å². The minimum atomic E-state index is -4.40. The highest BCUT2D eigenvalue weighted by Gasteiger charge is 2.31. The number of fused-ring (bicyclic) bond motifs is 1. The standard InChI is InChI=1S/C23H25F3N2O2/c1-27-21-10-3-2-8-19(21)20(9-5-11-28-12-14-29-15-13-28)22(27)30-18-7-4-6-17(16-18)23(24,25)26/h2-4,6-8,10,16H,5,9,11-15H2,1H3. The minimum Gasteiger partial charge on any atom is -0.441 e. The van der Waals surface area contributed by atoms with Crippen molar-refractivity contribution >= 4 is 10.9 Å². The second-order valence-electron chi connectivity index (χ2n) is 7.55. The van der Waals surface area contributed by atoms with E-state index in [0.29, 0.717) is 5.88 Å². The van der Waals surface area contributed by atoms with E-state index in [0.717, 1.165) is 74.3 Å². The van der Waals surface area contributed by atoms with Gasteiger partial charge in [-0.25, -0.2) is 0 Å². The maximum Gasteiger partial charge on any atom is 0.416 e. The van der Waals surface area contributed by atoms with Gasteiger partial charge in [-0.15, -0.1) is 0 Å². The van der Waals surface area contributed by atoms with Gasteiger partial charge in [0.25, 0.3) is 0 Å². The van der Waals surface area contributed by atoms with E-state index in [1.807, 2.05) is 35.9 Å². The quantitative estimate of drug-likeness (QED) is 0.547. The molecule has 0 saturated carbocycles. The Morgan fingerprint density at radius 1 is 1.03 bits per heavy atom. The summed E-state index contributed by atoms with van der Waals surface area (Å²) in [6.45, 7) is 4.35. The first kappa shape index (κ1) is 20.8. The van der Waals surface area contributed by atoms with E-state index >= 15 is 0 Å². The molecule has 0 atom stereocenters. The Labute approximate surface area is 173 Å². The third-order valence-corrected chi connectivity index (χ3v) is 5.53. The van der Waals surface area contributed by atoms with Gasteiger partial charge in [0, 0.05) is 31.1 Å². The summed E-state index contributed by atoms with van der Waals surface area (Å²) in [5, 5.41) is 1.07. The number of morpholine rings is 1. The molecule has 0 aliphatic carbocycles. The topological polar surface area (TPSA) is 26.6 Å². The SMILES string of the molecule is Cn1c(Oc2cccc(C(F)(F)F)c2)c(CCCN2CCOCC2)c2ccccc21. The van der Waals surface area contributed by atoms with Gasteiger partial charge >= 0.3 is 6.18 Å². The lowest BCUT2D eigenvalue weighted by Crippen LogP contribution is -2.36. The molecule has 1 aliphatic rings. The average molecular weight is 418 g/mol. The van der Waals surface area contributed by atoms with Gasteiger partial charge in [-0.1, -0.05) is 24.3 Å². The van der Waals surface area contributed by atoms with Crippen molar-refractivity contribution in [3.05, 3.63) is 59.7 Å². The molecule has 2 heterocycles. The molecule has 160 valence electrons. The van der Waals surface area contributed by atoms with Gasteiger partial charge in [0.1, 0.15) is 5.75 Å². The van der Waals surface area contributed by atoms with Crippen LogP contribution in [0.25, 0.3) is 10.9 Å². The highest BCUT2D eigenvalue weighted by atomic mass is 19.4. The van der Waals surface area contributed by atoms with Gasteiger partial charge in [0.15, 0.2) is 0 Å². The Kier molecular flexibility index (Phi) is 6.01. The van der Waals surface area contributed by atoms with E-state index in [1.165, 1.54) is 6.07 Å². The van der Waals surface area contributed by atoms with Gasteiger partial charge in [0.2, 0.25) is 5.88 Å². The highest BCUT2D eigenvalue weighted by molar-refractivity contribution is 5.87. The van der Waals surface area contributed by atoms with E-state index in [4.69, 9.17) is 9.47 Å². The molecule has 1 aliphatic heterocycles. The molecule has 2 aromatic carbocycles. The Hall–Kier alpha value is -2.51. The number of para-hydroxylation sites is 1. The van der Waals surface area contributed by atoms with Crippen LogP contribution < -0.4 is 4.74 Å². The maximum atomic E-state index is 13.1. The molecule has 0 unspecified atom stereocenters. The van der Waals surface area contributed by atoms with Crippen molar-refractivity contribution in [1.82, 2.24) is 9.47 Å². The summed E-state index contributed by atoms with van der Waals surface area (Å²) in [6.07, 6.45) is -2.68. The van der Waals surface area contributed by atoms with Crippen LogP contribution in [0.15, 0.2) is 48.5 Å². The lowest BCUT2D eigenvalue weighted by atomic mass is 10.1. The number of hydrogen-bond acceptors (Lipinski definition) is 3. The zero-order valence-corrected chi connectivity index (χ0v) is 16.9. The molecule has 0 N–H and O–H groups in total. The zero-order chi connectivity index (χ0) is 21.1. The summed E-state index contributed by atoms with van der Waals surface area (Å²) in [6, 6.07) is 13.0. The lowest BCUT2D eigenvalue weighted by Gasteiger charge is -2.26. The van der Waals surface area contributed by atoms with E-state index < -0.39 is 11.7 Å². The Balaban J connectivity index is 1.60. The van der Waals surface area contributed by atoms with Crippen molar-refractivity contribution in [3.63, 3.8) is 0 Å². The fourth-order valence-corrected chi connectivity index (χ4v) is 3.97. The monoisotopic (exact) mass is 418 g/mol. The number of aryl methyl sites for hydroxylation is 2. The Morgan fingerprint density at radius 3 is 2.57 bits per heavy atom. The Morgan fingerprint density at radius 2 is 1.80 bits per heavy atom. The third kappa shape index (κ3) is 4.47. The van der Waals surface area contributed by atoms with Crippen molar-refractivity contribution in [2.75, 3.05) is 32.8 Å². The van der Waals surface area contributed by atoms with Crippen LogP contribution in [0.3, 0.4) is 0 Å². The summed E-state index contributed by atoms with van der Waals surface area (Å²) >= 11 is 0. The fraction of sp³-hybridized carbons (Fsp3) is 0.391. The summed E-state index contributed by atoms with van der Waals surface area (Å²) in [4.78, 5) is 2.38. The minimum absolute atomic E-state index is 0.185. The summed E-state index contributed by atoms with van der Waals surface area (Å²) in [7, 11) is 1.89. The second kappa shape index (κ2) is 8.70. The van der Waals surface area contributed by atoms with Crippen LogP contribution in [0.5, 0.6) is 11.6 Å². The highest BCUT2D eigenvalue weighted by Crippen LogP contribution is 2.37. The van der Waals surface area contributed by atoms with Gasteiger partial charge < -0.3 is 14.0 Å². The molecule has 1 aromatic heterocycles. The number of benzene rings is 2. The number of aromatic nitrogens is 1. The largest absolute Gasteiger partial charge is 0.441 e. The first-order chi connectivity index (χ1) is 14.4. The van der Waals surface area contributed by atoms with Crippen molar-refractivity contribution in [2.45, 2.75) is 19.0 Å². The predicted octanol–water partition coefficient (Wildman–Crippen LogP) is 5.25. The van der Waals surface area contributed by atoms with Crippen molar-refractivity contribution < 1.29 is 22.6 Å². The number of ether oxygens (including phenoxy) is 2. The summed E-state index contributed by atoms with van der Waals surface area (Å²) in [5.74, 6) is 0.780. The molecule has 3 aromatic rings. The molecule has 30 heavy (non-hydrogen) atoms. The normalized spacial score (nSPS) is 15.6. The van der Waals surface area contributed by atoms with Crippen LogP contribution in [0.1, 0.15) is 17.5 Å². The molecular formula is C23H25F3N2O2. The van der Waals surface area contributed by atoms with E-state index in [2.05, 4.69) is 4.90 Å². The Bertz CT molecular complexity index is 1010. The first-order valence-electron chi connectivity index (χ1n) is 10.1. The number of rotatable bonds is 6.